The minimum absolute atomic E-state index is 0.00960. The first-order valence-electron chi connectivity index (χ1n) is 10.5. The summed E-state index contributed by atoms with van der Waals surface area (Å²) in [5, 5.41) is 10.9. The van der Waals surface area contributed by atoms with Crippen LogP contribution in [0.1, 0.15) is 44.7 Å². The zero-order valence-electron chi connectivity index (χ0n) is 18.2. The topological polar surface area (TPSA) is 120 Å². The number of esters is 1. The van der Waals surface area contributed by atoms with Crippen LogP contribution in [0.5, 0.6) is 17.4 Å². The van der Waals surface area contributed by atoms with Crippen LogP contribution in [-0.2, 0) is 14.9 Å². The van der Waals surface area contributed by atoms with Gasteiger partial charge in [0.2, 0.25) is 0 Å². The third-order valence-electron chi connectivity index (χ3n) is 5.28. The molecular formula is C23H30N4O4. The maximum absolute atomic E-state index is 12.7. The Balaban J connectivity index is 1.98. The highest BCUT2D eigenvalue weighted by molar-refractivity contribution is 5.95. The summed E-state index contributed by atoms with van der Waals surface area (Å²) in [7, 11) is 0. The van der Waals surface area contributed by atoms with Crippen LogP contribution in [0.25, 0.3) is 0 Å². The van der Waals surface area contributed by atoms with Gasteiger partial charge in [-0.05, 0) is 77.0 Å². The van der Waals surface area contributed by atoms with Gasteiger partial charge in [0.05, 0.1) is 12.0 Å². The number of nitrogen functional groups attached to an aromatic ring is 1. The minimum atomic E-state index is -0.947. The molecule has 8 heteroatoms. The lowest BCUT2D eigenvalue weighted by Crippen LogP contribution is -2.36. The Morgan fingerprint density at radius 3 is 2.52 bits per heavy atom. The number of carbonyl (C=O) groups is 1. The minimum Gasteiger partial charge on any atom is -0.484 e. The number of rotatable bonds is 8. The third kappa shape index (κ3) is 5.32. The van der Waals surface area contributed by atoms with Crippen molar-refractivity contribution in [3.63, 3.8) is 0 Å². The summed E-state index contributed by atoms with van der Waals surface area (Å²) in [6.07, 6.45) is 3.29. The van der Waals surface area contributed by atoms with Gasteiger partial charge < -0.3 is 25.3 Å². The summed E-state index contributed by atoms with van der Waals surface area (Å²) in [5.41, 5.74) is 5.84. The fourth-order valence-corrected chi connectivity index (χ4v) is 3.42. The second-order valence-electron chi connectivity index (χ2n) is 7.95. The molecule has 1 saturated heterocycles. The molecule has 1 fully saturated rings. The summed E-state index contributed by atoms with van der Waals surface area (Å²) >= 11 is 0. The van der Waals surface area contributed by atoms with Crippen LogP contribution in [0, 0.1) is 5.41 Å². The molecule has 0 amide bonds. The van der Waals surface area contributed by atoms with Gasteiger partial charge in [0.1, 0.15) is 17.7 Å². The number of hydrogen-bond donors (Lipinski definition) is 3. The number of amidine groups is 1. The highest BCUT2D eigenvalue weighted by Gasteiger charge is 2.37. The number of benzene rings is 1. The molecule has 4 N–H and O–H groups in total. The molecule has 0 aliphatic carbocycles. The van der Waals surface area contributed by atoms with E-state index in [1.165, 1.54) is 0 Å². The van der Waals surface area contributed by atoms with Crippen LogP contribution < -0.4 is 20.5 Å². The highest BCUT2D eigenvalue weighted by atomic mass is 16.5. The predicted molar refractivity (Wildman–Crippen MR) is 118 cm³/mol. The van der Waals surface area contributed by atoms with Gasteiger partial charge in [-0.15, -0.1) is 0 Å². The number of pyridine rings is 1. The molecule has 0 bridgehead atoms. The van der Waals surface area contributed by atoms with Gasteiger partial charge in [0, 0.05) is 17.3 Å². The van der Waals surface area contributed by atoms with Gasteiger partial charge >= 0.3 is 5.97 Å². The van der Waals surface area contributed by atoms with E-state index in [-0.39, 0.29) is 23.8 Å². The molecule has 1 aliphatic heterocycles. The van der Waals surface area contributed by atoms with Crippen molar-refractivity contribution in [2.24, 2.45) is 5.73 Å². The van der Waals surface area contributed by atoms with E-state index in [4.69, 9.17) is 25.4 Å². The quantitative estimate of drug-likeness (QED) is 0.337. The molecule has 3 rings (SSSR count). The van der Waals surface area contributed by atoms with E-state index >= 15 is 0 Å². The first kappa shape index (κ1) is 22.6. The van der Waals surface area contributed by atoms with Crippen LogP contribution in [-0.4, -0.2) is 42.6 Å². The average Bonchev–Trinajstić information content (AvgIpc) is 2.76. The summed E-state index contributed by atoms with van der Waals surface area (Å²) in [6.45, 7) is 7.42. The summed E-state index contributed by atoms with van der Waals surface area (Å²) < 4.78 is 17.7. The van der Waals surface area contributed by atoms with Gasteiger partial charge in [0.15, 0.2) is 5.75 Å². The number of hydrogen-bond acceptors (Lipinski definition) is 7. The molecule has 0 atom stereocenters. The summed E-state index contributed by atoms with van der Waals surface area (Å²) in [6, 6.07) is 8.62. The fourth-order valence-electron chi connectivity index (χ4n) is 3.42. The molecule has 0 radical (unpaired) electrons. The SMILES string of the molecule is CCOC(=O)C(C)(C)c1ccnc(Oc2ccc(C(=N)N)cc2)c1OC1CCNCC1. The molecule has 8 nitrogen and oxygen atoms in total. The third-order valence-corrected chi connectivity index (χ3v) is 5.28. The zero-order chi connectivity index (χ0) is 22.4. The van der Waals surface area contributed by atoms with Crippen molar-refractivity contribution in [3.8, 4) is 17.4 Å². The average molecular weight is 427 g/mol. The van der Waals surface area contributed by atoms with Crippen molar-refractivity contribution in [2.75, 3.05) is 19.7 Å². The van der Waals surface area contributed by atoms with Crippen molar-refractivity contribution >= 4 is 11.8 Å². The monoisotopic (exact) mass is 426 g/mol. The Morgan fingerprint density at radius 1 is 1.23 bits per heavy atom. The van der Waals surface area contributed by atoms with Gasteiger partial charge in [-0.25, -0.2) is 4.98 Å². The Bertz CT molecular complexity index is 922. The molecule has 2 aromatic rings. The molecule has 1 aliphatic rings. The molecule has 0 saturated carbocycles. The Labute approximate surface area is 182 Å². The van der Waals surface area contributed by atoms with E-state index in [0.717, 1.165) is 25.9 Å². The largest absolute Gasteiger partial charge is 0.484 e. The molecule has 0 spiro atoms. The smallest absolute Gasteiger partial charge is 0.316 e. The first-order chi connectivity index (χ1) is 14.8. The van der Waals surface area contributed by atoms with Crippen molar-refractivity contribution < 1.29 is 19.0 Å². The maximum atomic E-state index is 12.7. The second-order valence-corrected chi connectivity index (χ2v) is 7.95. The molecule has 0 unspecified atom stereocenters. The van der Waals surface area contributed by atoms with E-state index in [0.29, 0.717) is 29.2 Å². The lowest BCUT2D eigenvalue weighted by Gasteiger charge is -2.29. The maximum Gasteiger partial charge on any atom is 0.316 e. The van der Waals surface area contributed by atoms with Crippen LogP contribution in [0.3, 0.4) is 0 Å². The van der Waals surface area contributed by atoms with E-state index < -0.39 is 5.41 Å². The van der Waals surface area contributed by atoms with Crippen molar-refractivity contribution in [3.05, 3.63) is 47.7 Å². The van der Waals surface area contributed by atoms with Gasteiger partial charge in [0.25, 0.3) is 5.88 Å². The fraction of sp³-hybridized carbons (Fsp3) is 0.435. The van der Waals surface area contributed by atoms with Crippen LogP contribution in [0.15, 0.2) is 36.5 Å². The zero-order valence-corrected chi connectivity index (χ0v) is 18.2. The Kier molecular flexibility index (Phi) is 7.12. The molecule has 2 heterocycles. The second kappa shape index (κ2) is 9.78. The molecular weight excluding hydrogens is 396 g/mol. The van der Waals surface area contributed by atoms with Crippen LogP contribution in [0.4, 0.5) is 0 Å². The van der Waals surface area contributed by atoms with E-state index in [1.807, 2.05) is 0 Å². The Hall–Kier alpha value is -3.13. The van der Waals surface area contributed by atoms with Crippen LogP contribution >= 0.6 is 0 Å². The molecule has 1 aromatic carbocycles. The first-order valence-corrected chi connectivity index (χ1v) is 10.5. The van der Waals surface area contributed by atoms with E-state index in [1.54, 1.807) is 57.3 Å². The number of aromatic nitrogens is 1. The van der Waals surface area contributed by atoms with Crippen LogP contribution in [0.2, 0.25) is 0 Å². The lowest BCUT2D eigenvalue weighted by atomic mass is 9.84. The number of nitrogens with two attached hydrogens (primary N) is 1. The number of carbonyl (C=O) groups excluding carboxylic acids is 1. The number of ether oxygens (including phenoxy) is 3. The van der Waals surface area contributed by atoms with Crippen molar-refractivity contribution in [2.45, 2.75) is 45.1 Å². The highest BCUT2D eigenvalue weighted by Crippen LogP contribution is 2.41. The summed E-state index contributed by atoms with van der Waals surface area (Å²) in [5.74, 6) is 0.900. The molecule has 166 valence electrons. The lowest BCUT2D eigenvalue weighted by molar-refractivity contribution is -0.148. The number of piperidine rings is 1. The normalized spacial score (nSPS) is 14.7. The van der Waals surface area contributed by atoms with Crippen molar-refractivity contribution in [1.82, 2.24) is 10.3 Å². The van der Waals surface area contributed by atoms with E-state index in [9.17, 15) is 4.79 Å². The standard InChI is InChI=1S/C23H30N4O4/c1-4-29-22(28)23(2,3)18-11-14-27-21(19(18)30-17-9-12-26-13-10-17)31-16-7-5-15(6-8-16)20(24)25/h5-8,11,14,17,26H,4,9-10,12-13H2,1-3H3,(H3,24,25). The van der Waals surface area contributed by atoms with Gasteiger partial charge in [-0.3, -0.25) is 10.2 Å². The van der Waals surface area contributed by atoms with Crippen molar-refractivity contribution in [1.29, 1.82) is 5.41 Å². The van der Waals surface area contributed by atoms with Gasteiger partial charge in [-0.1, -0.05) is 0 Å². The predicted octanol–water partition coefficient (Wildman–Crippen LogP) is 3.13. The molecule has 1 aromatic heterocycles. The van der Waals surface area contributed by atoms with Gasteiger partial charge in [-0.2, -0.15) is 0 Å². The summed E-state index contributed by atoms with van der Waals surface area (Å²) in [4.78, 5) is 17.1. The molecule has 31 heavy (non-hydrogen) atoms. The number of nitrogens with zero attached hydrogens (tertiary/aromatic N) is 1. The Morgan fingerprint density at radius 2 is 1.90 bits per heavy atom. The van der Waals surface area contributed by atoms with E-state index in [2.05, 4.69) is 10.3 Å². The number of nitrogens with one attached hydrogen (secondary N) is 2.